The first kappa shape index (κ1) is 13.7. The highest BCUT2D eigenvalue weighted by Gasteiger charge is 2.24. The Morgan fingerprint density at radius 1 is 1.25 bits per heavy atom. The van der Waals surface area contributed by atoms with Gasteiger partial charge in [-0.15, -0.1) is 0 Å². The summed E-state index contributed by atoms with van der Waals surface area (Å²) in [6, 6.07) is 0.135. The fourth-order valence-corrected chi connectivity index (χ4v) is 2.70. The molecule has 0 spiro atoms. The van der Waals surface area contributed by atoms with Crippen molar-refractivity contribution in [1.82, 2.24) is 4.90 Å². The molecule has 2 unspecified atom stereocenters. The van der Waals surface area contributed by atoms with Gasteiger partial charge in [0.2, 0.25) is 0 Å². The van der Waals surface area contributed by atoms with Gasteiger partial charge in [0.15, 0.2) is 0 Å². The summed E-state index contributed by atoms with van der Waals surface area (Å²) in [4.78, 5) is 14.1. The predicted molar refractivity (Wildman–Crippen MR) is 68.5 cm³/mol. The Labute approximate surface area is 100 Å². The number of rotatable bonds is 4. The van der Waals surface area contributed by atoms with Crippen molar-refractivity contribution in [1.29, 1.82) is 0 Å². The monoisotopic (exact) mass is 225 g/mol. The number of hydrogen-bond acceptors (Lipinski definition) is 2. The number of hydrogen-bond donors (Lipinski definition) is 0. The van der Waals surface area contributed by atoms with E-state index in [-0.39, 0.29) is 6.04 Å². The second-order valence-corrected chi connectivity index (χ2v) is 5.47. The van der Waals surface area contributed by atoms with Gasteiger partial charge in [0, 0.05) is 6.42 Å². The van der Waals surface area contributed by atoms with Crippen LogP contribution in [0.5, 0.6) is 0 Å². The van der Waals surface area contributed by atoms with Crippen LogP contribution in [-0.2, 0) is 4.79 Å². The smallest absolute Gasteiger partial charge is 0.149 e. The molecule has 1 saturated heterocycles. The highest BCUT2D eigenvalue weighted by Crippen LogP contribution is 2.25. The summed E-state index contributed by atoms with van der Waals surface area (Å²) < 4.78 is 0. The first-order valence-corrected chi connectivity index (χ1v) is 6.83. The van der Waals surface area contributed by atoms with Gasteiger partial charge < -0.3 is 0 Å². The molecule has 0 amide bonds. The van der Waals surface area contributed by atoms with Crippen LogP contribution in [0.25, 0.3) is 0 Å². The molecule has 0 N–H and O–H groups in total. The van der Waals surface area contributed by atoms with E-state index in [1.165, 1.54) is 19.3 Å². The molecule has 0 aliphatic carbocycles. The average Bonchev–Trinajstić information content (AvgIpc) is 2.52. The van der Waals surface area contributed by atoms with Crippen LogP contribution in [0.3, 0.4) is 0 Å². The Kier molecular flexibility index (Phi) is 5.47. The molecule has 1 rings (SSSR count). The SMILES string of the molecule is CCC(=O)C(C)N1CCCC(C(C)C)CC1. The van der Waals surface area contributed by atoms with Gasteiger partial charge in [0.1, 0.15) is 5.78 Å². The molecule has 2 heteroatoms. The van der Waals surface area contributed by atoms with Gasteiger partial charge >= 0.3 is 0 Å². The Morgan fingerprint density at radius 2 is 1.94 bits per heavy atom. The van der Waals surface area contributed by atoms with Gasteiger partial charge in [-0.2, -0.15) is 0 Å². The van der Waals surface area contributed by atoms with Crippen molar-refractivity contribution in [3.05, 3.63) is 0 Å². The van der Waals surface area contributed by atoms with E-state index in [0.29, 0.717) is 12.2 Å². The van der Waals surface area contributed by atoms with E-state index in [9.17, 15) is 4.79 Å². The van der Waals surface area contributed by atoms with Crippen LogP contribution in [0.4, 0.5) is 0 Å². The van der Waals surface area contributed by atoms with Crippen LogP contribution in [0.15, 0.2) is 0 Å². The van der Waals surface area contributed by atoms with Crippen molar-refractivity contribution in [3.8, 4) is 0 Å². The van der Waals surface area contributed by atoms with Crippen LogP contribution in [0, 0.1) is 11.8 Å². The largest absolute Gasteiger partial charge is 0.298 e. The van der Waals surface area contributed by atoms with Gasteiger partial charge in [0.05, 0.1) is 6.04 Å². The van der Waals surface area contributed by atoms with Crippen LogP contribution in [-0.4, -0.2) is 29.8 Å². The third kappa shape index (κ3) is 3.58. The molecule has 1 heterocycles. The van der Waals surface area contributed by atoms with Gasteiger partial charge in [-0.25, -0.2) is 0 Å². The summed E-state index contributed by atoms with van der Waals surface area (Å²) in [6.45, 7) is 10.9. The second kappa shape index (κ2) is 6.39. The lowest BCUT2D eigenvalue weighted by Gasteiger charge is -2.26. The number of nitrogens with zero attached hydrogens (tertiary/aromatic N) is 1. The number of ketones is 1. The summed E-state index contributed by atoms with van der Waals surface area (Å²) >= 11 is 0. The van der Waals surface area contributed by atoms with Gasteiger partial charge in [-0.05, 0) is 51.1 Å². The lowest BCUT2D eigenvalue weighted by molar-refractivity contribution is -0.123. The maximum atomic E-state index is 11.7. The standard InChI is InChI=1S/C14H27NO/c1-5-14(16)12(4)15-9-6-7-13(8-10-15)11(2)3/h11-13H,5-10H2,1-4H3. The van der Waals surface area contributed by atoms with Gasteiger partial charge in [0.25, 0.3) is 0 Å². The third-order valence-electron chi connectivity index (χ3n) is 4.11. The highest BCUT2D eigenvalue weighted by atomic mass is 16.1. The molecule has 16 heavy (non-hydrogen) atoms. The van der Waals surface area contributed by atoms with Crippen molar-refractivity contribution < 1.29 is 4.79 Å². The molecule has 2 atom stereocenters. The summed E-state index contributed by atoms with van der Waals surface area (Å²) in [5.41, 5.74) is 0. The molecule has 1 fully saturated rings. The van der Waals surface area contributed by atoms with Gasteiger partial charge in [-0.1, -0.05) is 20.8 Å². The Hall–Kier alpha value is -0.370. The Morgan fingerprint density at radius 3 is 2.50 bits per heavy atom. The topological polar surface area (TPSA) is 20.3 Å². The molecule has 0 aromatic carbocycles. The van der Waals surface area contributed by atoms with Crippen molar-refractivity contribution in [2.45, 2.75) is 59.4 Å². The summed E-state index contributed by atoms with van der Waals surface area (Å²) in [5.74, 6) is 2.04. The molecule has 0 bridgehead atoms. The third-order valence-corrected chi connectivity index (χ3v) is 4.11. The summed E-state index contributed by atoms with van der Waals surface area (Å²) in [6.07, 6.45) is 4.52. The fraction of sp³-hybridized carbons (Fsp3) is 0.929. The van der Waals surface area contributed by atoms with E-state index in [2.05, 4.69) is 25.7 Å². The molecule has 1 aliphatic rings. The van der Waals surface area contributed by atoms with E-state index < -0.39 is 0 Å². The van der Waals surface area contributed by atoms with E-state index in [0.717, 1.165) is 24.9 Å². The summed E-state index contributed by atoms with van der Waals surface area (Å²) in [5, 5.41) is 0. The highest BCUT2D eigenvalue weighted by molar-refractivity contribution is 5.83. The first-order valence-electron chi connectivity index (χ1n) is 6.83. The van der Waals surface area contributed by atoms with Crippen LogP contribution in [0.1, 0.15) is 53.4 Å². The quantitative estimate of drug-likeness (QED) is 0.732. The first-order chi connectivity index (χ1) is 7.56. The molecule has 0 saturated carbocycles. The maximum Gasteiger partial charge on any atom is 0.149 e. The van der Waals surface area contributed by atoms with Crippen molar-refractivity contribution in [2.24, 2.45) is 11.8 Å². The molecular formula is C14H27NO. The molecular weight excluding hydrogens is 198 g/mol. The van der Waals surface area contributed by atoms with Crippen LogP contribution in [0.2, 0.25) is 0 Å². The van der Waals surface area contributed by atoms with Gasteiger partial charge in [-0.3, -0.25) is 9.69 Å². The Balaban J connectivity index is 2.49. The molecule has 2 nitrogen and oxygen atoms in total. The molecule has 0 aromatic heterocycles. The van der Waals surface area contributed by atoms with Crippen molar-refractivity contribution >= 4 is 5.78 Å². The van der Waals surface area contributed by atoms with Crippen LogP contribution >= 0.6 is 0 Å². The average molecular weight is 225 g/mol. The summed E-state index contributed by atoms with van der Waals surface area (Å²) in [7, 11) is 0. The Bertz CT molecular complexity index is 225. The van der Waals surface area contributed by atoms with E-state index in [4.69, 9.17) is 0 Å². The molecule has 0 aromatic rings. The van der Waals surface area contributed by atoms with E-state index in [1.807, 2.05) is 6.92 Å². The van der Waals surface area contributed by atoms with Crippen molar-refractivity contribution in [3.63, 3.8) is 0 Å². The van der Waals surface area contributed by atoms with Crippen molar-refractivity contribution in [2.75, 3.05) is 13.1 Å². The number of Topliss-reactive ketones (excluding diaryl/α,β-unsaturated/α-hetero) is 1. The van der Waals surface area contributed by atoms with E-state index >= 15 is 0 Å². The minimum Gasteiger partial charge on any atom is -0.298 e. The fourth-order valence-electron chi connectivity index (χ4n) is 2.70. The molecule has 0 radical (unpaired) electrons. The number of carbonyl (C=O) groups excluding carboxylic acids is 1. The minimum absolute atomic E-state index is 0.135. The maximum absolute atomic E-state index is 11.7. The second-order valence-electron chi connectivity index (χ2n) is 5.47. The zero-order valence-corrected chi connectivity index (χ0v) is 11.3. The number of likely N-dealkylation sites (tertiary alicyclic amines) is 1. The van der Waals surface area contributed by atoms with Crippen LogP contribution < -0.4 is 0 Å². The normalized spacial score (nSPS) is 25.4. The molecule has 1 aliphatic heterocycles. The minimum atomic E-state index is 0.135. The lowest BCUT2D eigenvalue weighted by atomic mass is 9.89. The predicted octanol–water partition coefficient (Wildman–Crippen LogP) is 3.11. The zero-order chi connectivity index (χ0) is 12.1. The number of carbonyl (C=O) groups is 1. The van der Waals surface area contributed by atoms with E-state index in [1.54, 1.807) is 0 Å². The molecule has 94 valence electrons. The lowest BCUT2D eigenvalue weighted by Crippen LogP contribution is -2.39. The zero-order valence-electron chi connectivity index (χ0n) is 11.3.